The molecule has 2 heterocycles. The van der Waals surface area contributed by atoms with E-state index < -0.39 is 30.1 Å². The van der Waals surface area contributed by atoms with Gasteiger partial charge in [0, 0.05) is 11.8 Å². The smallest absolute Gasteiger partial charge is 0.379 e. The highest BCUT2D eigenvalue weighted by Gasteiger charge is 2.45. The molecule has 1 N–H and O–H groups in total. The van der Waals surface area contributed by atoms with Crippen molar-refractivity contribution in [2.75, 3.05) is 4.83 Å². The molecule has 0 bridgehead atoms. The average Bonchev–Trinajstić information content (AvgIpc) is 3.52. The molecule has 0 unspecified atom stereocenters. The van der Waals surface area contributed by atoms with Gasteiger partial charge >= 0.3 is 6.18 Å². The number of sulfonamides is 1. The van der Waals surface area contributed by atoms with Crippen molar-refractivity contribution >= 4 is 18.3 Å². The van der Waals surface area contributed by atoms with E-state index >= 15 is 0 Å². The van der Waals surface area contributed by atoms with Gasteiger partial charge in [-0.1, -0.05) is 84.0 Å². The van der Waals surface area contributed by atoms with Gasteiger partial charge in [0.15, 0.2) is 13.9 Å². The highest BCUT2D eigenvalue weighted by molar-refractivity contribution is 7.92. The SMILES string of the molecule is CC(C)[Si](C(C)C)(C(C)C)n1ccc(-c2ccc(-c3cc(C(F)(F)F)nn3NS(=O)(=O)c3ccccc3)cc2)c1. The Labute approximate surface area is 235 Å². The number of nitrogens with zero attached hydrogens (tertiary/aromatic N) is 3. The zero-order valence-corrected chi connectivity index (χ0v) is 25.3. The zero-order valence-electron chi connectivity index (χ0n) is 23.4. The molecule has 4 rings (SSSR count). The third-order valence-electron chi connectivity index (χ3n) is 7.69. The van der Waals surface area contributed by atoms with Gasteiger partial charge < -0.3 is 4.23 Å². The molecular formula is C29H35F3N4O2SSi. The van der Waals surface area contributed by atoms with Crippen LogP contribution in [0.5, 0.6) is 0 Å². The summed E-state index contributed by atoms with van der Waals surface area (Å²) in [6, 6.07) is 17.3. The topological polar surface area (TPSA) is 68.9 Å². The molecule has 2 aromatic carbocycles. The Kier molecular flexibility index (Phi) is 8.10. The van der Waals surface area contributed by atoms with Crippen molar-refractivity contribution in [2.45, 2.75) is 69.2 Å². The second-order valence-corrected chi connectivity index (χ2v) is 18.4. The van der Waals surface area contributed by atoms with Crippen LogP contribution in [0, 0.1) is 0 Å². The van der Waals surface area contributed by atoms with Crippen molar-refractivity contribution < 1.29 is 21.6 Å². The van der Waals surface area contributed by atoms with Gasteiger partial charge in [0.25, 0.3) is 10.0 Å². The number of halogens is 3. The van der Waals surface area contributed by atoms with Gasteiger partial charge in [-0.25, -0.2) is 0 Å². The van der Waals surface area contributed by atoms with Crippen LogP contribution in [0.3, 0.4) is 0 Å². The lowest BCUT2D eigenvalue weighted by molar-refractivity contribution is -0.141. The lowest BCUT2D eigenvalue weighted by atomic mass is 10.1. The first-order valence-corrected chi connectivity index (χ1v) is 16.9. The third kappa shape index (κ3) is 5.49. The summed E-state index contributed by atoms with van der Waals surface area (Å²) >= 11 is 0. The molecule has 0 atom stereocenters. The van der Waals surface area contributed by atoms with Crippen LogP contribution in [0.1, 0.15) is 47.2 Å². The van der Waals surface area contributed by atoms with E-state index in [2.05, 4.69) is 74.2 Å². The fraction of sp³-hybridized carbons (Fsp3) is 0.345. The molecule has 0 radical (unpaired) electrons. The molecule has 0 amide bonds. The minimum atomic E-state index is -4.75. The van der Waals surface area contributed by atoms with E-state index in [4.69, 9.17) is 0 Å². The first-order valence-electron chi connectivity index (χ1n) is 13.2. The van der Waals surface area contributed by atoms with E-state index in [-0.39, 0.29) is 10.6 Å². The largest absolute Gasteiger partial charge is 0.435 e. The summed E-state index contributed by atoms with van der Waals surface area (Å²) in [6.07, 6.45) is -0.416. The van der Waals surface area contributed by atoms with Crippen LogP contribution in [-0.2, 0) is 16.2 Å². The lowest BCUT2D eigenvalue weighted by Gasteiger charge is -2.44. The summed E-state index contributed by atoms with van der Waals surface area (Å²) in [5.41, 5.74) is 2.66. The standard InChI is InChI=1S/C29H35F3N4O2SSi/c1-20(2)40(21(3)4,22(5)6)35-17-16-25(19-35)23-12-14-24(15-13-23)27-18-28(29(30,31)32)33-36(27)34-39(37,38)26-10-8-7-9-11-26/h7-22,34H,1-6H3. The summed E-state index contributed by atoms with van der Waals surface area (Å²) in [5, 5.41) is 3.53. The Morgan fingerprint density at radius 3 is 1.88 bits per heavy atom. The second kappa shape index (κ2) is 10.9. The fourth-order valence-corrected chi connectivity index (χ4v) is 13.6. The quantitative estimate of drug-likeness (QED) is 0.202. The van der Waals surface area contributed by atoms with Gasteiger partial charge in [0.2, 0.25) is 0 Å². The van der Waals surface area contributed by atoms with Gasteiger partial charge in [0.1, 0.15) is 0 Å². The lowest BCUT2D eigenvalue weighted by Crippen LogP contribution is -2.51. The molecule has 6 nitrogen and oxygen atoms in total. The Morgan fingerprint density at radius 1 is 0.800 bits per heavy atom. The normalized spacial score (nSPS) is 13.0. The Balaban J connectivity index is 1.71. The predicted octanol–water partition coefficient (Wildman–Crippen LogP) is 7.99. The van der Waals surface area contributed by atoms with Gasteiger partial charge in [0.05, 0.1) is 10.6 Å². The highest BCUT2D eigenvalue weighted by atomic mass is 32.2. The fourth-order valence-electron chi connectivity index (χ4n) is 6.10. The number of alkyl halides is 3. The molecule has 2 aromatic heterocycles. The molecule has 0 fully saturated rings. The molecule has 0 spiro atoms. The molecular weight excluding hydrogens is 553 g/mol. The number of benzene rings is 2. The molecule has 11 heteroatoms. The van der Waals surface area contributed by atoms with Crippen molar-refractivity contribution in [1.29, 1.82) is 0 Å². The maximum Gasteiger partial charge on any atom is 0.435 e. The van der Waals surface area contributed by atoms with Gasteiger partial charge in [-0.15, -0.1) is 5.10 Å². The molecule has 0 aliphatic heterocycles. The number of aromatic nitrogens is 3. The summed E-state index contributed by atoms with van der Waals surface area (Å²) in [4.78, 5) is 2.75. The first-order chi connectivity index (χ1) is 18.7. The Bertz CT molecular complexity index is 1540. The third-order valence-corrected chi connectivity index (χ3v) is 15.7. The van der Waals surface area contributed by atoms with E-state index in [0.29, 0.717) is 27.0 Å². The molecule has 0 aliphatic carbocycles. The number of hydrogen-bond donors (Lipinski definition) is 1. The molecule has 0 saturated carbocycles. The average molecular weight is 589 g/mol. The van der Waals surface area contributed by atoms with Crippen LogP contribution in [0.2, 0.25) is 16.6 Å². The predicted molar refractivity (Wildman–Crippen MR) is 156 cm³/mol. The first kappa shape index (κ1) is 29.7. The molecule has 214 valence electrons. The van der Waals surface area contributed by atoms with Gasteiger partial charge in [-0.05, 0) is 58.2 Å². The van der Waals surface area contributed by atoms with Crippen molar-refractivity contribution in [1.82, 2.24) is 14.1 Å². The Morgan fingerprint density at radius 2 is 1.35 bits per heavy atom. The van der Waals surface area contributed by atoms with Gasteiger partial charge in [-0.3, -0.25) is 0 Å². The number of nitrogens with one attached hydrogen (secondary N) is 1. The van der Waals surface area contributed by atoms with Crippen LogP contribution >= 0.6 is 0 Å². The number of hydrogen-bond acceptors (Lipinski definition) is 3. The minimum absolute atomic E-state index is 0.0261. The van der Waals surface area contributed by atoms with E-state index in [1.165, 1.54) is 24.3 Å². The van der Waals surface area contributed by atoms with Crippen LogP contribution in [0.15, 0.2) is 84.0 Å². The van der Waals surface area contributed by atoms with Crippen LogP contribution in [-0.4, -0.2) is 30.8 Å². The zero-order chi connectivity index (χ0) is 29.5. The van der Waals surface area contributed by atoms with E-state index in [1.54, 1.807) is 18.2 Å². The molecule has 4 aromatic rings. The van der Waals surface area contributed by atoms with Crippen LogP contribution in [0.25, 0.3) is 22.4 Å². The van der Waals surface area contributed by atoms with Crippen molar-refractivity contribution in [3.8, 4) is 22.4 Å². The summed E-state index contributed by atoms with van der Waals surface area (Å²) < 4.78 is 68.8. The van der Waals surface area contributed by atoms with E-state index in [1.807, 2.05) is 12.1 Å². The summed E-state index contributed by atoms with van der Waals surface area (Å²) in [6.45, 7) is 13.8. The van der Waals surface area contributed by atoms with Crippen molar-refractivity contribution in [3.63, 3.8) is 0 Å². The van der Waals surface area contributed by atoms with E-state index in [9.17, 15) is 21.6 Å². The van der Waals surface area contributed by atoms with Crippen molar-refractivity contribution in [2.24, 2.45) is 0 Å². The molecule has 0 aliphatic rings. The van der Waals surface area contributed by atoms with Crippen LogP contribution < -0.4 is 4.83 Å². The maximum absolute atomic E-state index is 13.6. The van der Waals surface area contributed by atoms with Crippen LogP contribution in [0.4, 0.5) is 13.2 Å². The minimum Gasteiger partial charge on any atom is -0.379 e. The van der Waals surface area contributed by atoms with Gasteiger partial charge in [-0.2, -0.15) is 31.2 Å². The summed E-state index contributed by atoms with van der Waals surface area (Å²) in [5.74, 6) is 0. The summed E-state index contributed by atoms with van der Waals surface area (Å²) in [7, 11) is -6.09. The highest BCUT2D eigenvalue weighted by Crippen LogP contribution is 2.43. The number of rotatable bonds is 9. The Hall–Kier alpha value is -3.31. The monoisotopic (exact) mass is 588 g/mol. The molecule has 40 heavy (non-hydrogen) atoms. The maximum atomic E-state index is 13.6. The molecule has 0 saturated heterocycles. The second-order valence-electron chi connectivity index (χ2n) is 11.0. The van der Waals surface area contributed by atoms with E-state index in [0.717, 1.165) is 17.2 Å². The van der Waals surface area contributed by atoms with Crippen molar-refractivity contribution in [3.05, 3.63) is 84.8 Å².